The highest BCUT2D eigenvalue weighted by molar-refractivity contribution is 5.38. The molecule has 2 rings (SSSR count). The van der Waals surface area contributed by atoms with Crippen LogP contribution in [0.25, 0.3) is 0 Å². The molecule has 0 aromatic rings. The maximum absolute atomic E-state index is 10.2. The zero-order chi connectivity index (χ0) is 10.1. The van der Waals surface area contributed by atoms with Gasteiger partial charge in [0.05, 0.1) is 6.10 Å². The van der Waals surface area contributed by atoms with Gasteiger partial charge in [-0.3, -0.25) is 0 Å². The van der Waals surface area contributed by atoms with Crippen molar-refractivity contribution in [3.63, 3.8) is 0 Å². The Morgan fingerprint density at radius 2 is 1.77 bits per heavy atom. The molecular formula is C9H16O4. The molecule has 1 saturated heterocycles. The van der Waals surface area contributed by atoms with E-state index in [0.29, 0.717) is 0 Å². The zero-order valence-electron chi connectivity index (χ0n) is 8.37. The molecule has 2 aliphatic rings. The fourth-order valence-electron chi connectivity index (χ4n) is 2.80. The highest BCUT2D eigenvalue weighted by atomic mass is 16.7. The quantitative estimate of drug-likeness (QED) is 0.602. The molecule has 13 heavy (non-hydrogen) atoms. The largest absolute Gasteiger partial charge is 0.383 e. The van der Waals surface area contributed by atoms with Crippen molar-refractivity contribution in [3.05, 3.63) is 0 Å². The molecule has 2 fully saturated rings. The molecule has 0 aromatic heterocycles. The van der Waals surface area contributed by atoms with Crippen molar-refractivity contribution in [2.75, 3.05) is 7.11 Å². The van der Waals surface area contributed by atoms with Crippen LogP contribution in [0.5, 0.6) is 0 Å². The Morgan fingerprint density at radius 3 is 2.00 bits per heavy atom. The van der Waals surface area contributed by atoms with E-state index < -0.39 is 29.0 Å². The van der Waals surface area contributed by atoms with Crippen molar-refractivity contribution in [1.29, 1.82) is 0 Å². The van der Waals surface area contributed by atoms with Crippen molar-refractivity contribution in [2.24, 2.45) is 5.41 Å². The number of methoxy groups -OCH3 is 1. The summed E-state index contributed by atoms with van der Waals surface area (Å²) >= 11 is 0. The highest BCUT2D eigenvalue weighted by Gasteiger charge is 2.91. The zero-order valence-corrected chi connectivity index (χ0v) is 8.37. The minimum absolute atomic E-state index is 0.391. The standard InChI is InChI=1S/C9H16O4/c1-5-8(10)7(2,3)9(8,11)6(12-4)13-5/h5-6,10-11H,1-4H3/t5-,6?,8-,9+/m0/s1. The van der Waals surface area contributed by atoms with Gasteiger partial charge in [-0.25, -0.2) is 0 Å². The van der Waals surface area contributed by atoms with Gasteiger partial charge in [-0.1, -0.05) is 13.8 Å². The van der Waals surface area contributed by atoms with Crippen LogP contribution in [0.3, 0.4) is 0 Å². The van der Waals surface area contributed by atoms with Crippen molar-refractivity contribution in [3.8, 4) is 0 Å². The van der Waals surface area contributed by atoms with Gasteiger partial charge in [-0.15, -0.1) is 0 Å². The predicted octanol–water partition coefficient (Wildman–Crippen LogP) is -0.120. The molecule has 1 aliphatic heterocycles. The number of hydrogen-bond acceptors (Lipinski definition) is 4. The van der Waals surface area contributed by atoms with Gasteiger partial charge in [0.2, 0.25) is 0 Å². The number of ether oxygens (including phenoxy) is 2. The molecule has 4 nitrogen and oxygen atoms in total. The molecule has 4 heteroatoms. The second-order valence-electron chi connectivity index (χ2n) is 4.50. The van der Waals surface area contributed by atoms with Gasteiger partial charge < -0.3 is 19.7 Å². The molecule has 0 spiro atoms. The van der Waals surface area contributed by atoms with Crippen molar-refractivity contribution < 1.29 is 19.7 Å². The van der Waals surface area contributed by atoms with Crippen molar-refractivity contribution in [1.82, 2.24) is 0 Å². The Kier molecular flexibility index (Phi) is 1.51. The van der Waals surface area contributed by atoms with Crippen LogP contribution in [0, 0.1) is 5.41 Å². The SMILES string of the molecule is COC1O[C@@H](C)[C@]2(O)C(C)(C)[C@]12O. The van der Waals surface area contributed by atoms with E-state index in [1.165, 1.54) is 7.11 Å². The van der Waals surface area contributed by atoms with Crippen LogP contribution in [0.2, 0.25) is 0 Å². The molecule has 1 saturated carbocycles. The van der Waals surface area contributed by atoms with Crippen LogP contribution >= 0.6 is 0 Å². The maximum atomic E-state index is 10.2. The molecular weight excluding hydrogens is 172 g/mol. The number of fused-ring (bicyclic) bond motifs is 1. The first-order valence-corrected chi connectivity index (χ1v) is 4.47. The van der Waals surface area contributed by atoms with Gasteiger partial charge >= 0.3 is 0 Å². The third-order valence-corrected chi connectivity index (χ3v) is 3.90. The lowest BCUT2D eigenvalue weighted by atomic mass is 10.0. The second kappa shape index (κ2) is 2.08. The smallest absolute Gasteiger partial charge is 0.190 e. The maximum Gasteiger partial charge on any atom is 0.190 e. The van der Waals surface area contributed by atoms with E-state index in [9.17, 15) is 10.2 Å². The molecule has 0 bridgehead atoms. The summed E-state index contributed by atoms with van der Waals surface area (Å²) in [5, 5.41) is 20.4. The van der Waals surface area contributed by atoms with E-state index in [1.54, 1.807) is 6.92 Å². The first-order chi connectivity index (χ1) is 5.84. The fourth-order valence-corrected chi connectivity index (χ4v) is 2.80. The van der Waals surface area contributed by atoms with E-state index in [-0.39, 0.29) is 0 Å². The number of aliphatic hydroxyl groups is 2. The molecule has 76 valence electrons. The molecule has 0 amide bonds. The van der Waals surface area contributed by atoms with Crippen LogP contribution in [0.4, 0.5) is 0 Å². The number of rotatable bonds is 1. The van der Waals surface area contributed by atoms with E-state index in [4.69, 9.17) is 9.47 Å². The summed E-state index contributed by atoms with van der Waals surface area (Å²) in [6, 6.07) is 0. The van der Waals surface area contributed by atoms with Crippen LogP contribution in [-0.2, 0) is 9.47 Å². The molecule has 2 N–H and O–H groups in total. The van der Waals surface area contributed by atoms with Crippen LogP contribution in [-0.4, -0.2) is 40.9 Å². The van der Waals surface area contributed by atoms with Gasteiger partial charge in [-0.05, 0) is 6.92 Å². The molecule has 1 heterocycles. The topological polar surface area (TPSA) is 58.9 Å². The molecule has 1 aliphatic carbocycles. The average molecular weight is 188 g/mol. The Labute approximate surface area is 77.5 Å². The lowest BCUT2D eigenvalue weighted by Gasteiger charge is -2.23. The summed E-state index contributed by atoms with van der Waals surface area (Å²) in [5.74, 6) is 0. The number of hydrogen-bond donors (Lipinski definition) is 2. The fraction of sp³-hybridized carbons (Fsp3) is 1.00. The monoisotopic (exact) mass is 188 g/mol. The minimum Gasteiger partial charge on any atom is -0.383 e. The summed E-state index contributed by atoms with van der Waals surface area (Å²) in [6.07, 6.45) is -1.11. The van der Waals surface area contributed by atoms with E-state index in [2.05, 4.69) is 0 Å². The van der Waals surface area contributed by atoms with Gasteiger partial charge in [0.25, 0.3) is 0 Å². The summed E-state index contributed by atoms with van der Waals surface area (Å²) in [5.41, 5.74) is -2.98. The van der Waals surface area contributed by atoms with Gasteiger partial charge in [-0.2, -0.15) is 0 Å². The minimum atomic E-state index is -1.26. The summed E-state index contributed by atoms with van der Waals surface area (Å²) in [4.78, 5) is 0. The van der Waals surface area contributed by atoms with E-state index in [1.807, 2.05) is 13.8 Å². The first kappa shape index (κ1) is 9.40. The Morgan fingerprint density at radius 1 is 1.23 bits per heavy atom. The van der Waals surface area contributed by atoms with Crippen LogP contribution in [0.1, 0.15) is 20.8 Å². The molecule has 4 atom stereocenters. The molecule has 0 aromatic carbocycles. The average Bonchev–Trinajstić information content (AvgIpc) is 2.34. The highest BCUT2D eigenvalue weighted by Crippen LogP contribution is 2.72. The molecule has 0 radical (unpaired) electrons. The normalized spacial score (nSPS) is 57.7. The Balaban J connectivity index is 2.40. The first-order valence-electron chi connectivity index (χ1n) is 4.47. The van der Waals surface area contributed by atoms with Crippen LogP contribution in [0.15, 0.2) is 0 Å². The summed E-state index contributed by atoms with van der Waals surface area (Å²) in [7, 11) is 1.47. The van der Waals surface area contributed by atoms with Gasteiger partial charge in [0.1, 0.15) is 5.60 Å². The molecule has 1 unspecified atom stereocenters. The third kappa shape index (κ3) is 0.625. The Bertz CT molecular complexity index is 252. The van der Waals surface area contributed by atoms with E-state index in [0.717, 1.165) is 0 Å². The summed E-state index contributed by atoms with van der Waals surface area (Å²) in [6.45, 7) is 5.38. The third-order valence-electron chi connectivity index (χ3n) is 3.90. The van der Waals surface area contributed by atoms with Crippen LogP contribution < -0.4 is 0 Å². The van der Waals surface area contributed by atoms with Crippen molar-refractivity contribution >= 4 is 0 Å². The summed E-state index contributed by atoms with van der Waals surface area (Å²) < 4.78 is 10.3. The van der Waals surface area contributed by atoms with Gasteiger partial charge in [0, 0.05) is 12.5 Å². The van der Waals surface area contributed by atoms with E-state index >= 15 is 0 Å². The second-order valence-corrected chi connectivity index (χ2v) is 4.50. The van der Waals surface area contributed by atoms with Gasteiger partial charge in [0.15, 0.2) is 11.9 Å². The Hall–Kier alpha value is -0.160. The predicted molar refractivity (Wildman–Crippen MR) is 45.0 cm³/mol. The van der Waals surface area contributed by atoms with Crippen molar-refractivity contribution in [2.45, 2.75) is 44.4 Å². The lowest BCUT2D eigenvalue weighted by molar-refractivity contribution is -0.191. The lowest BCUT2D eigenvalue weighted by Crippen LogP contribution is -2.34.